The molecule has 0 aliphatic rings. The van der Waals surface area contributed by atoms with Crippen molar-refractivity contribution >= 4 is 23.4 Å². The van der Waals surface area contributed by atoms with Crippen molar-refractivity contribution in [3.8, 4) is 6.07 Å². The summed E-state index contributed by atoms with van der Waals surface area (Å²) in [4.78, 5) is 12.9. The maximum absolute atomic E-state index is 12.9. The van der Waals surface area contributed by atoms with E-state index in [0.717, 1.165) is 16.8 Å². The fourth-order valence-electron chi connectivity index (χ4n) is 3.15. The molecule has 1 aromatic heterocycles. The molecule has 2 aromatic carbocycles. The third kappa shape index (κ3) is 6.05. The van der Waals surface area contributed by atoms with Crippen LogP contribution in [0.3, 0.4) is 0 Å². The number of nitrogens with zero attached hydrogens (tertiary/aromatic N) is 1. The van der Waals surface area contributed by atoms with Crippen LogP contribution in [-0.2, 0) is 17.1 Å². The molecule has 1 amide bonds. The lowest BCUT2D eigenvalue weighted by atomic mass is 10.1. The lowest BCUT2D eigenvalue weighted by Gasteiger charge is -2.15. The van der Waals surface area contributed by atoms with Crippen molar-refractivity contribution in [3.05, 3.63) is 99.0 Å². The third-order valence-corrected chi connectivity index (χ3v) is 6.25. The van der Waals surface area contributed by atoms with E-state index in [4.69, 9.17) is 4.42 Å². The van der Waals surface area contributed by atoms with Crippen molar-refractivity contribution < 1.29 is 9.21 Å². The Morgan fingerprint density at radius 2 is 1.84 bits per heavy atom. The number of hydrogen-bond acceptors (Lipinski definition) is 5. The van der Waals surface area contributed by atoms with Crippen molar-refractivity contribution in [2.45, 2.75) is 40.0 Å². The molecule has 0 aliphatic carbocycles. The minimum atomic E-state index is -0.441. The molecule has 164 valence electrons. The van der Waals surface area contributed by atoms with E-state index in [1.54, 1.807) is 18.4 Å². The lowest BCUT2D eigenvalue weighted by molar-refractivity contribution is -0.117. The normalized spacial score (nSPS) is 11.5. The second-order valence-corrected chi connectivity index (χ2v) is 8.71. The minimum Gasteiger partial charge on any atom is -0.467 e. The van der Waals surface area contributed by atoms with Crippen LogP contribution < -0.4 is 10.6 Å². The number of thioether (sulfide) groups is 1. The number of anilines is 1. The van der Waals surface area contributed by atoms with Gasteiger partial charge < -0.3 is 15.1 Å². The maximum Gasteiger partial charge on any atom is 0.265 e. The zero-order valence-electron chi connectivity index (χ0n) is 18.8. The fraction of sp³-hybridized carbons (Fsp3) is 0.231. The smallest absolute Gasteiger partial charge is 0.265 e. The quantitative estimate of drug-likeness (QED) is 0.333. The Labute approximate surface area is 193 Å². The Hall–Kier alpha value is -3.43. The van der Waals surface area contributed by atoms with Crippen LogP contribution >= 0.6 is 11.8 Å². The summed E-state index contributed by atoms with van der Waals surface area (Å²) < 4.78 is 5.27. The molecule has 0 saturated heterocycles. The summed E-state index contributed by atoms with van der Waals surface area (Å²) in [5.41, 5.74) is 6.75. The van der Waals surface area contributed by atoms with Gasteiger partial charge in [-0.2, -0.15) is 5.26 Å². The van der Waals surface area contributed by atoms with Crippen LogP contribution in [0.1, 0.15) is 33.6 Å². The van der Waals surface area contributed by atoms with E-state index < -0.39 is 5.91 Å². The number of hydrogen-bond donors (Lipinski definition) is 2. The van der Waals surface area contributed by atoms with E-state index in [1.807, 2.05) is 32.0 Å². The van der Waals surface area contributed by atoms with Crippen molar-refractivity contribution in [2.75, 3.05) is 5.32 Å². The van der Waals surface area contributed by atoms with Gasteiger partial charge in [0.2, 0.25) is 0 Å². The molecule has 5 nitrogen and oxygen atoms in total. The Morgan fingerprint density at radius 3 is 2.50 bits per heavy atom. The number of carbonyl (C=O) groups excluding carboxylic acids is 1. The van der Waals surface area contributed by atoms with Gasteiger partial charge in [0.25, 0.3) is 5.91 Å². The van der Waals surface area contributed by atoms with Gasteiger partial charge in [-0.15, -0.1) is 11.8 Å². The van der Waals surface area contributed by atoms with E-state index in [0.29, 0.717) is 16.5 Å². The van der Waals surface area contributed by atoms with Crippen molar-refractivity contribution in [2.24, 2.45) is 0 Å². The highest BCUT2D eigenvalue weighted by molar-refractivity contribution is 8.02. The van der Waals surface area contributed by atoms with E-state index in [2.05, 4.69) is 48.7 Å². The molecule has 0 atom stereocenters. The molecular formula is C26H27N3O2S. The predicted molar refractivity (Wildman–Crippen MR) is 130 cm³/mol. The monoisotopic (exact) mass is 445 g/mol. The second-order valence-electron chi connectivity index (χ2n) is 7.72. The molecule has 0 fully saturated rings. The van der Waals surface area contributed by atoms with Crippen molar-refractivity contribution in [1.29, 1.82) is 5.26 Å². The summed E-state index contributed by atoms with van der Waals surface area (Å²) in [6, 6.07) is 17.9. The lowest BCUT2D eigenvalue weighted by Crippen LogP contribution is -2.25. The Bertz CT molecular complexity index is 1170. The first-order chi connectivity index (χ1) is 15.4. The van der Waals surface area contributed by atoms with Gasteiger partial charge in [0.15, 0.2) is 0 Å². The molecule has 2 N–H and O–H groups in total. The summed E-state index contributed by atoms with van der Waals surface area (Å²) in [6.07, 6.45) is 1.55. The van der Waals surface area contributed by atoms with Gasteiger partial charge in [-0.3, -0.25) is 4.79 Å². The highest BCUT2D eigenvalue weighted by Crippen LogP contribution is 2.28. The fourth-order valence-corrected chi connectivity index (χ4v) is 4.25. The van der Waals surface area contributed by atoms with Crippen LogP contribution in [0.15, 0.2) is 69.8 Å². The molecule has 32 heavy (non-hydrogen) atoms. The maximum atomic E-state index is 12.9. The highest BCUT2D eigenvalue weighted by Gasteiger charge is 2.18. The first kappa shape index (κ1) is 23.2. The number of amides is 1. The SMILES string of the molecule is Cc1ccc(CS/C(Nc2ccc(C)c(C)c2)=C(\C#N)C(=O)NCc2ccco2)c(C)c1. The number of benzene rings is 2. The molecule has 0 radical (unpaired) electrons. The van der Waals surface area contributed by atoms with Gasteiger partial charge in [0.1, 0.15) is 17.4 Å². The zero-order chi connectivity index (χ0) is 23.1. The largest absolute Gasteiger partial charge is 0.467 e. The number of rotatable bonds is 8. The van der Waals surface area contributed by atoms with Crippen molar-refractivity contribution in [3.63, 3.8) is 0 Å². The number of carbonyl (C=O) groups is 1. The molecule has 1 heterocycles. The highest BCUT2D eigenvalue weighted by atomic mass is 32.2. The van der Waals surface area contributed by atoms with Crippen LogP contribution in [0, 0.1) is 39.0 Å². The summed E-state index contributed by atoms with van der Waals surface area (Å²) in [5.74, 6) is 0.821. The number of nitriles is 1. The molecule has 3 aromatic rings. The minimum absolute atomic E-state index is 0.0459. The molecule has 0 spiro atoms. The summed E-state index contributed by atoms with van der Waals surface area (Å²) in [5, 5.41) is 16.4. The average molecular weight is 446 g/mol. The standard InChI is InChI=1S/C26H27N3O2S/c1-17-7-9-21(20(4)12-17)16-32-26(29-22-10-8-18(2)19(3)13-22)24(14-27)25(30)28-15-23-6-5-11-31-23/h5-13,29H,15-16H2,1-4H3,(H,28,30)/b26-24+. The Balaban J connectivity index is 1.87. The molecule has 0 aliphatic heterocycles. The first-order valence-electron chi connectivity index (χ1n) is 10.4. The van der Waals surface area contributed by atoms with Crippen molar-refractivity contribution in [1.82, 2.24) is 5.32 Å². The van der Waals surface area contributed by atoms with Crippen LogP contribution in [0.5, 0.6) is 0 Å². The second kappa shape index (κ2) is 10.7. The van der Waals surface area contributed by atoms with Gasteiger partial charge in [-0.25, -0.2) is 0 Å². The zero-order valence-corrected chi connectivity index (χ0v) is 19.6. The van der Waals surface area contributed by atoms with E-state index in [1.165, 1.54) is 28.5 Å². The molecule has 0 saturated carbocycles. The van der Waals surface area contributed by atoms with Crippen LogP contribution in [0.25, 0.3) is 0 Å². The number of aryl methyl sites for hydroxylation is 4. The first-order valence-corrected chi connectivity index (χ1v) is 11.3. The van der Waals surface area contributed by atoms with Gasteiger partial charge in [0, 0.05) is 11.4 Å². The van der Waals surface area contributed by atoms with Gasteiger partial charge in [-0.1, -0.05) is 29.8 Å². The van der Waals surface area contributed by atoms with Crippen LogP contribution in [0.4, 0.5) is 5.69 Å². The van der Waals surface area contributed by atoms with E-state index >= 15 is 0 Å². The van der Waals surface area contributed by atoms with E-state index in [-0.39, 0.29) is 12.1 Å². The predicted octanol–water partition coefficient (Wildman–Crippen LogP) is 5.91. The summed E-state index contributed by atoms with van der Waals surface area (Å²) in [6.45, 7) is 8.44. The van der Waals surface area contributed by atoms with Gasteiger partial charge in [0.05, 0.1) is 17.8 Å². The molecule has 6 heteroatoms. The van der Waals surface area contributed by atoms with Crippen LogP contribution in [0.2, 0.25) is 0 Å². The number of furan rings is 1. The van der Waals surface area contributed by atoms with Gasteiger partial charge >= 0.3 is 0 Å². The molecule has 0 unspecified atom stereocenters. The van der Waals surface area contributed by atoms with E-state index in [9.17, 15) is 10.1 Å². The summed E-state index contributed by atoms with van der Waals surface area (Å²) in [7, 11) is 0. The topological polar surface area (TPSA) is 78.1 Å². The van der Waals surface area contributed by atoms with Crippen LogP contribution in [-0.4, -0.2) is 5.91 Å². The average Bonchev–Trinajstić information content (AvgIpc) is 3.28. The summed E-state index contributed by atoms with van der Waals surface area (Å²) >= 11 is 1.45. The Morgan fingerprint density at radius 1 is 1.03 bits per heavy atom. The molecular weight excluding hydrogens is 418 g/mol. The molecule has 3 rings (SSSR count). The third-order valence-electron chi connectivity index (χ3n) is 5.20. The van der Waals surface area contributed by atoms with Gasteiger partial charge in [-0.05, 0) is 74.2 Å². The number of nitrogens with one attached hydrogen (secondary N) is 2. The molecule has 0 bridgehead atoms. The Kier molecular flexibility index (Phi) is 7.80.